The van der Waals surface area contributed by atoms with Crippen molar-refractivity contribution in [3.63, 3.8) is 0 Å². The van der Waals surface area contributed by atoms with Crippen LogP contribution in [0.2, 0.25) is 0 Å². The van der Waals surface area contributed by atoms with Crippen molar-refractivity contribution in [3.05, 3.63) is 23.8 Å². The zero-order valence-electron chi connectivity index (χ0n) is 23.1. The predicted octanol–water partition coefficient (Wildman–Crippen LogP) is 4.46. The third-order valence-corrected chi connectivity index (χ3v) is 7.24. The second-order valence-corrected chi connectivity index (χ2v) is 10.9. The number of hydrogen-bond donors (Lipinski definition) is 2. The highest BCUT2D eigenvalue weighted by molar-refractivity contribution is 5.85. The van der Waals surface area contributed by atoms with Gasteiger partial charge in [0.1, 0.15) is 0 Å². The van der Waals surface area contributed by atoms with Gasteiger partial charge >= 0.3 is 0 Å². The van der Waals surface area contributed by atoms with Crippen LogP contribution < -0.4 is 15.2 Å². The fraction of sp³-hybridized carbons (Fsp3) is 0.750. The molecule has 1 heterocycles. The zero-order valence-corrected chi connectivity index (χ0v) is 23.9. The first kappa shape index (κ1) is 32.5. The topological polar surface area (TPSA) is 94.3 Å². The summed E-state index contributed by atoms with van der Waals surface area (Å²) in [5.74, 6) is 2.24. The van der Waals surface area contributed by atoms with E-state index in [1.165, 1.54) is 0 Å². The van der Waals surface area contributed by atoms with Gasteiger partial charge in [0.25, 0.3) is 0 Å². The maximum absolute atomic E-state index is 12.9. The fourth-order valence-corrected chi connectivity index (χ4v) is 4.79. The molecule has 8 heteroatoms. The summed E-state index contributed by atoms with van der Waals surface area (Å²) >= 11 is 0. The van der Waals surface area contributed by atoms with Gasteiger partial charge in [0.2, 0.25) is 5.91 Å². The molecule has 0 aromatic heterocycles. The Morgan fingerprint density at radius 3 is 2.50 bits per heavy atom. The molecule has 1 aromatic carbocycles. The van der Waals surface area contributed by atoms with Crippen molar-refractivity contribution < 1.29 is 24.1 Å². The molecule has 0 bridgehead atoms. The molecule has 36 heavy (non-hydrogen) atoms. The molecule has 0 aliphatic carbocycles. The summed E-state index contributed by atoms with van der Waals surface area (Å²) in [7, 11) is 3.33. The molecule has 0 radical (unpaired) electrons. The van der Waals surface area contributed by atoms with Crippen molar-refractivity contribution in [2.45, 2.75) is 78.4 Å². The number of amides is 1. The quantitative estimate of drug-likeness (QED) is 0.346. The number of carbonyl (C=O) groups excluding carboxylic acids is 1. The first-order chi connectivity index (χ1) is 16.6. The molecule has 1 aromatic rings. The van der Waals surface area contributed by atoms with Gasteiger partial charge in [0, 0.05) is 44.7 Å². The standard InChI is InChI=1S/C28H48N2O5.ClH/c1-20(2)22(16-21-10-11-25(34-6)26(17-21)35-15-9-14-33-5)18-23(29)24(31)19-30-13-8-7-12-28(3,4)27(30)32;/h10-11,17,20,22-24,31H,7-9,12-16,18-19,29H2,1-6H3;1H/t22-,23-,24-;/m0./s1. The summed E-state index contributed by atoms with van der Waals surface area (Å²) < 4.78 is 16.5. The molecule has 1 amide bonds. The lowest BCUT2D eigenvalue weighted by Gasteiger charge is -2.33. The fourth-order valence-electron chi connectivity index (χ4n) is 4.79. The summed E-state index contributed by atoms with van der Waals surface area (Å²) in [4.78, 5) is 14.8. The third-order valence-electron chi connectivity index (χ3n) is 7.24. The van der Waals surface area contributed by atoms with Gasteiger partial charge in [-0.3, -0.25) is 4.79 Å². The number of nitrogens with zero attached hydrogens (tertiary/aromatic N) is 1. The van der Waals surface area contributed by atoms with Crippen LogP contribution in [0.15, 0.2) is 18.2 Å². The van der Waals surface area contributed by atoms with Crippen LogP contribution in [0.25, 0.3) is 0 Å². The maximum Gasteiger partial charge on any atom is 0.228 e. The van der Waals surface area contributed by atoms with Gasteiger partial charge in [-0.2, -0.15) is 0 Å². The highest BCUT2D eigenvalue weighted by atomic mass is 35.5. The lowest BCUT2D eigenvalue weighted by atomic mass is 9.83. The molecular weight excluding hydrogens is 480 g/mol. The Bertz CT molecular complexity index is 789. The Hall–Kier alpha value is -1.54. The summed E-state index contributed by atoms with van der Waals surface area (Å²) in [6.07, 6.45) is 4.46. The summed E-state index contributed by atoms with van der Waals surface area (Å²) in [6, 6.07) is 5.65. The maximum atomic E-state index is 12.9. The van der Waals surface area contributed by atoms with Crippen LogP contribution in [0.3, 0.4) is 0 Å². The van der Waals surface area contributed by atoms with Crippen molar-refractivity contribution >= 4 is 18.3 Å². The molecule has 0 spiro atoms. The highest BCUT2D eigenvalue weighted by Gasteiger charge is 2.35. The molecule has 7 nitrogen and oxygen atoms in total. The van der Waals surface area contributed by atoms with E-state index in [4.69, 9.17) is 19.9 Å². The number of ether oxygens (including phenoxy) is 3. The molecule has 1 fully saturated rings. The lowest BCUT2D eigenvalue weighted by molar-refractivity contribution is -0.141. The van der Waals surface area contributed by atoms with Crippen LogP contribution in [0.1, 0.15) is 65.4 Å². The molecule has 3 atom stereocenters. The number of rotatable bonds is 14. The summed E-state index contributed by atoms with van der Waals surface area (Å²) in [6.45, 7) is 10.6. The smallest absolute Gasteiger partial charge is 0.228 e. The second-order valence-electron chi connectivity index (χ2n) is 10.9. The van der Waals surface area contributed by atoms with E-state index in [-0.39, 0.29) is 29.6 Å². The van der Waals surface area contributed by atoms with E-state index >= 15 is 0 Å². The number of hydrogen-bond acceptors (Lipinski definition) is 6. The van der Waals surface area contributed by atoms with E-state index in [0.29, 0.717) is 44.4 Å². The van der Waals surface area contributed by atoms with Gasteiger partial charge in [-0.25, -0.2) is 0 Å². The number of methoxy groups -OCH3 is 2. The third kappa shape index (κ3) is 9.73. The normalized spacial score (nSPS) is 18.2. The van der Waals surface area contributed by atoms with Crippen LogP contribution in [0.5, 0.6) is 11.5 Å². The molecule has 1 saturated heterocycles. The van der Waals surface area contributed by atoms with Crippen LogP contribution in [0.4, 0.5) is 0 Å². The summed E-state index contributed by atoms with van der Waals surface area (Å²) in [5.41, 5.74) is 7.28. The van der Waals surface area contributed by atoms with Crippen LogP contribution in [-0.2, 0) is 16.0 Å². The SMILES string of the molecule is COCCCOc1cc(C[C@@H](C[C@H](N)[C@@H](O)CN2CCCCC(C)(C)C2=O)C(C)C)ccc1OC.Cl. The minimum atomic E-state index is -0.746. The largest absolute Gasteiger partial charge is 0.493 e. The monoisotopic (exact) mass is 528 g/mol. The van der Waals surface area contributed by atoms with Crippen molar-refractivity contribution in [2.24, 2.45) is 23.0 Å². The minimum absolute atomic E-state index is 0. The van der Waals surface area contributed by atoms with Crippen molar-refractivity contribution in [3.8, 4) is 11.5 Å². The van der Waals surface area contributed by atoms with Gasteiger partial charge in [-0.1, -0.05) is 40.2 Å². The number of likely N-dealkylation sites (tertiary alicyclic amines) is 1. The Morgan fingerprint density at radius 2 is 1.86 bits per heavy atom. The van der Waals surface area contributed by atoms with Gasteiger partial charge in [-0.05, 0) is 55.2 Å². The van der Waals surface area contributed by atoms with Gasteiger partial charge in [0.05, 0.1) is 19.8 Å². The van der Waals surface area contributed by atoms with E-state index in [1.807, 2.05) is 30.9 Å². The van der Waals surface area contributed by atoms with Gasteiger partial charge < -0.3 is 30.0 Å². The molecule has 3 N–H and O–H groups in total. The Labute approximate surface area is 224 Å². The van der Waals surface area contributed by atoms with Crippen LogP contribution in [0, 0.1) is 17.3 Å². The molecule has 0 unspecified atom stereocenters. The number of aliphatic hydroxyl groups is 1. The van der Waals surface area contributed by atoms with Crippen molar-refractivity contribution in [2.75, 3.05) is 40.5 Å². The Morgan fingerprint density at radius 1 is 1.14 bits per heavy atom. The van der Waals surface area contributed by atoms with Crippen LogP contribution in [-0.4, -0.2) is 68.6 Å². The van der Waals surface area contributed by atoms with E-state index < -0.39 is 12.1 Å². The average molecular weight is 529 g/mol. The van der Waals surface area contributed by atoms with E-state index in [9.17, 15) is 9.90 Å². The van der Waals surface area contributed by atoms with Crippen molar-refractivity contribution in [1.82, 2.24) is 4.90 Å². The molecule has 208 valence electrons. The van der Waals surface area contributed by atoms with E-state index in [2.05, 4.69) is 19.9 Å². The van der Waals surface area contributed by atoms with Gasteiger partial charge in [0.15, 0.2) is 11.5 Å². The number of halogens is 1. The lowest BCUT2D eigenvalue weighted by Crippen LogP contribution is -2.49. The van der Waals surface area contributed by atoms with E-state index in [1.54, 1.807) is 14.2 Å². The number of carbonyl (C=O) groups is 1. The molecule has 0 saturated carbocycles. The highest BCUT2D eigenvalue weighted by Crippen LogP contribution is 2.32. The first-order valence-electron chi connectivity index (χ1n) is 13.1. The second kappa shape index (κ2) is 15.7. The Kier molecular flexibility index (Phi) is 14.1. The minimum Gasteiger partial charge on any atom is -0.493 e. The van der Waals surface area contributed by atoms with E-state index in [0.717, 1.165) is 43.4 Å². The summed E-state index contributed by atoms with van der Waals surface area (Å²) in [5, 5.41) is 10.9. The zero-order chi connectivity index (χ0) is 26.0. The molecule has 1 aliphatic rings. The predicted molar refractivity (Wildman–Crippen MR) is 147 cm³/mol. The van der Waals surface area contributed by atoms with Gasteiger partial charge in [-0.15, -0.1) is 12.4 Å². The average Bonchev–Trinajstić information content (AvgIpc) is 2.94. The molecular formula is C28H49ClN2O5. The number of benzene rings is 1. The van der Waals surface area contributed by atoms with Crippen LogP contribution >= 0.6 is 12.4 Å². The number of nitrogens with two attached hydrogens (primary N) is 1. The Balaban J connectivity index is 0.00000648. The van der Waals surface area contributed by atoms with Crippen molar-refractivity contribution in [1.29, 1.82) is 0 Å². The first-order valence-corrected chi connectivity index (χ1v) is 13.1. The molecule has 1 aliphatic heterocycles. The number of β-amino-alcohol motifs (C(OH)–C–C–N with tert-alkyl or cyclic N) is 1. The number of aliphatic hydroxyl groups excluding tert-OH is 1. The molecule has 2 rings (SSSR count).